The quantitative estimate of drug-likeness (QED) is 0.736. The van der Waals surface area contributed by atoms with E-state index in [0.29, 0.717) is 0 Å². The average Bonchev–Trinajstić information content (AvgIpc) is 2.25. The Kier molecular flexibility index (Phi) is 6.09. The van der Waals surface area contributed by atoms with Crippen LogP contribution in [0.4, 0.5) is 0 Å². The van der Waals surface area contributed by atoms with Gasteiger partial charge in [0.25, 0.3) is 0 Å². The molecule has 2 atom stereocenters. The smallest absolute Gasteiger partial charge is 0.0467 e. The molecule has 0 aromatic rings. The summed E-state index contributed by atoms with van der Waals surface area (Å²) in [6.45, 7) is 9.69. The van der Waals surface area contributed by atoms with E-state index in [0.717, 1.165) is 32.0 Å². The molecule has 0 spiro atoms. The number of ether oxygens (including phenoxy) is 1. The zero-order chi connectivity index (χ0) is 13.6. The summed E-state index contributed by atoms with van der Waals surface area (Å²) in [4.78, 5) is 0. The van der Waals surface area contributed by atoms with Crippen molar-refractivity contribution >= 4 is 0 Å². The Balaban J connectivity index is 2.27. The van der Waals surface area contributed by atoms with Gasteiger partial charge in [-0.25, -0.2) is 0 Å². The van der Waals surface area contributed by atoms with Crippen molar-refractivity contribution in [3.8, 4) is 0 Å². The van der Waals surface area contributed by atoms with Gasteiger partial charge >= 0.3 is 0 Å². The molecule has 1 aliphatic carbocycles. The van der Waals surface area contributed by atoms with Crippen LogP contribution in [0.5, 0.6) is 0 Å². The van der Waals surface area contributed by atoms with E-state index in [1.54, 1.807) is 7.11 Å². The van der Waals surface area contributed by atoms with Crippen LogP contribution in [0.3, 0.4) is 0 Å². The maximum absolute atomic E-state index is 6.49. The Hall–Kier alpha value is -0.120. The number of nitrogens with one attached hydrogen (secondary N) is 1. The summed E-state index contributed by atoms with van der Waals surface area (Å²) in [7, 11) is 1.77. The Morgan fingerprint density at radius 3 is 2.78 bits per heavy atom. The fraction of sp³-hybridized carbons (Fsp3) is 1.00. The molecule has 0 aliphatic heterocycles. The Morgan fingerprint density at radius 1 is 1.44 bits per heavy atom. The molecule has 0 aromatic heterocycles. The molecule has 1 rings (SSSR count). The highest BCUT2D eigenvalue weighted by atomic mass is 16.5. The summed E-state index contributed by atoms with van der Waals surface area (Å²) in [6.07, 6.45) is 6.05. The molecule has 18 heavy (non-hydrogen) atoms. The van der Waals surface area contributed by atoms with Crippen molar-refractivity contribution < 1.29 is 4.74 Å². The van der Waals surface area contributed by atoms with Crippen molar-refractivity contribution in [3.63, 3.8) is 0 Å². The summed E-state index contributed by atoms with van der Waals surface area (Å²) in [5, 5.41) is 3.58. The van der Waals surface area contributed by atoms with Crippen molar-refractivity contribution in [3.05, 3.63) is 0 Å². The standard InChI is InChI=1S/C15H32N2O/c1-13-6-5-7-15(16,10-13)12-17-11-14(2,3)8-9-18-4/h13,17H,5-12,16H2,1-4H3. The van der Waals surface area contributed by atoms with Crippen LogP contribution < -0.4 is 11.1 Å². The van der Waals surface area contributed by atoms with E-state index in [4.69, 9.17) is 10.5 Å². The summed E-state index contributed by atoms with van der Waals surface area (Å²) >= 11 is 0. The number of methoxy groups -OCH3 is 1. The molecule has 1 aliphatic rings. The van der Waals surface area contributed by atoms with Gasteiger partial charge in [-0.05, 0) is 30.6 Å². The molecule has 2 unspecified atom stereocenters. The zero-order valence-electron chi connectivity index (χ0n) is 12.7. The summed E-state index contributed by atoms with van der Waals surface area (Å²) < 4.78 is 5.16. The lowest BCUT2D eigenvalue weighted by Gasteiger charge is -2.38. The maximum atomic E-state index is 6.49. The Morgan fingerprint density at radius 2 is 2.17 bits per heavy atom. The summed E-state index contributed by atoms with van der Waals surface area (Å²) in [5.74, 6) is 0.784. The van der Waals surface area contributed by atoms with E-state index in [-0.39, 0.29) is 11.0 Å². The lowest BCUT2D eigenvalue weighted by atomic mass is 9.77. The number of hydrogen-bond donors (Lipinski definition) is 2. The van der Waals surface area contributed by atoms with Gasteiger partial charge in [-0.15, -0.1) is 0 Å². The van der Waals surface area contributed by atoms with E-state index >= 15 is 0 Å². The molecule has 0 heterocycles. The van der Waals surface area contributed by atoms with Crippen LogP contribution in [-0.2, 0) is 4.74 Å². The topological polar surface area (TPSA) is 47.3 Å². The summed E-state index contributed by atoms with van der Waals surface area (Å²) in [5.41, 5.74) is 6.80. The van der Waals surface area contributed by atoms with Crippen molar-refractivity contribution in [1.82, 2.24) is 5.32 Å². The number of hydrogen-bond acceptors (Lipinski definition) is 3. The summed E-state index contributed by atoms with van der Waals surface area (Å²) in [6, 6.07) is 0. The van der Waals surface area contributed by atoms with Crippen LogP contribution in [0.2, 0.25) is 0 Å². The third kappa shape index (κ3) is 5.68. The van der Waals surface area contributed by atoms with Crippen LogP contribution >= 0.6 is 0 Å². The molecule has 0 saturated heterocycles. The van der Waals surface area contributed by atoms with Crippen LogP contribution in [-0.4, -0.2) is 32.3 Å². The molecule has 3 heteroatoms. The molecule has 108 valence electrons. The average molecular weight is 256 g/mol. The van der Waals surface area contributed by atoms with Crippen LogP contribution in [0.15, 0.2) is 0 Å². The van der Waals surface area contributed by atoms with Gasteiger partial charge in [0, 0.05) is 32.3 Å². The minimum absolute atomic E-state index is 0.0228. The van der Waals surface area contributed by atoms with Crippen molar-refractivity contribution in [2.75, 3.05) is 26.8 Å². The van der Waals surface area contributed by atoms with Gasteiger partial charge in [-0.3, -0.25) is 0 Å². The lowest BCUT2D eigenvalue weighted by Crippen LogP contribution is -2.52. The molecule has 0 radical (unpaired) electrons. The third-order valence-corrected chi connectivity index (χ3v) is 4.19. The van der Waals surface area contributed by atoms with E-state index in [1.165, 1.54) is 25.7 Å². The molecular weight excluding hydrogens is 224 g/mol. The van der Waals surface area contributed by atoms with Crippen LogP contribution in [0, 0.1) is 11.3 Å². The first-order valence-electron chi connectivity index (χ1n) is 7.35. The number of rotatable bonds is 7. The maximum Gasteiger partial charge on any atom is 0.0467 e. The predicted molar refractivity (Wildman–Crippen MR) is 77.7 cm³/mol. The van der Waals surface area contributed by atoms with E-state index in [9.17, 15) is 0 Å². The first kappa shape index (κ1) is 15.9. The van der Waals surface area contributed by atoms with Gasteiger partial charge < -0.3 is 15.8 Å². The molecule has 0 bridgehead atoms. The van der Waals surface area contributed by atoms with Crippen molar-refractivity contribution in [2.45, 2.75) is 58.4 Å². The second kappa shape index (κ2) is 6.88. The largest absolute Gasteiger partial charge is 0.385 e. The first-order valence-corrected chi connectivity index (χ1v) is 7.35. The first-order chi connectivity index (χ1) is 8.37. The normalized spacial score (nSPS) is 29.5. The second-order valence-corrected chi connectivity index (χ2v) is 7.07. The highest BCUT2D eigenvalue weighted by molar-refractivity contribution is 4.92. The van der Waals surface area contributed by atoms with Gasteiger partial charge in [0.05, 0.1) is 0 Å². The Labute approximate surface area is 113 Å². The Bertz CT molecular complexity index is 243. The highest BCUT2D eigenvalue weighted by Gasteiger charge is 2.31. The molecule has 0 amide bonds. The molecule has 1 saturated carbocycles. The molecular formula is C15H32N2O. The predicted octanol–water partition coefficient (Wildman–Crippen LogP) is 2.55. The molecule has 3 nitrogen and oxygen atoms in total. The van der Waals surface area contributed by atoms with Crippen molar-refractivity contribution in [2.24, 2.45) is 17.1 Å². The van der Waals surface area contributed by atoms with E-state index in [1.807, 2.05) is 0 Å². The SMILES string of the molecule is COCCC(C)(C)CNCC1(N)CCCC(C)C1. The van der Waals surface area contributed by atoms with Gasteiger partial charge in [0.2, 0.25) is 0 Å². The fourth-order valence-corrected chi connectivity index (χ4v) is 2.98. The van der Waals surface area contributed by atoms with Crippen LogP contribution in [0.25, 0.3) is 0 Å². The van der Waals surface area contributed by atoms with Crippen LogP contribution in [0.1, 0.15) is 52.9 Å². The number of nitrogens with two attached hydrogens (primary N) is 1. The van der Waals surface area contributed by atoms with E-state index in [2.05, 4.69) is 26.1 Å². The van der Waals surface area contributed by atoms with Gasteiger partial charge in [-0.2, -0.15) is 0 Å². The molecule has 0 aromatic carbocycles. The van der Waals surface area contributed by atoms with E-state index < -0.39 is 0 Å². The third-order valence-electron chi connectivity index (χ3n) is 4.19. The zero-order valence-corrected chi connectivity index (χ0v) is 12.7. The van der Waals surface area contributed by atoms with Crippen molar-refractivity contribution in [1.29, 1.82) is 0 Å². The van der Waals surface area contributed by atoms with Gasteiger partial charge in [-0.1, -0.05) is 33.6 Å². The fourth-order valence-electron chi connectivity index (χ4n) is 2.98. The second-order valence-electron chi connectivity index (χ2n) is 7.07. The highest BCUT2D eigenvalue weighted by Crippen LogP contribution is 2.30. The van der Waals surface area contributed by atoms with Gasteiger partial charge in [0.1, 0.15) is 0 Å². The molecule has 3 N–H and O–H groups in total. The van der Waals surface area contributed by atoms with Gasteiger partial charge in [0.15, 0.2) is 0 Å². The minimum atomic E-state index is 0.0228. The molecule has 1 fully saturated rings. The monoisotopic (exact) mass is 256 g/mol. The minimum Gasteiger partial charge on any atom is -0.385 e. The lowest BCUT2D eigenvalue weighted by molar-refractivity contribution is 0.147.